The molecule has 162 valence electrons. The van der Waals surface area contributed by atoms with E-state index in [1.54, 1.807) is 0 Å². The summed E-state index contributed by atoms with van der Waals surface area (Å²) in [4.78, 5) is 27.4. The molecule has 2 aliphatic heterocycles. The summed E-state index contributed by atoms with van der Waals surface area (Å²) >= 11 is 0. The Balaban J connectivity index is 1.35. The third kappa shape index (κ3) is 3.31. The van der Waals surface area contributed by atoms with E-state index in [1.165, 1.54) is 37.9 Å². The second-order valence-corrected chi connectivity index (χ2v) is 9.66. The minimum atomic E-state index is -3.65. The van der Waals surface area contributed by atoms with Crippen molar-refractivity contribution in [1.29, 1.82) is 0 Å². The van der Waals surface area contributed by atoms with Gasteiger partial charge in [-0.1, -0.05) is 18.2 Å². The number of para-hydroxylation sites is 1. The molecular weight excluding hydrogens is 418 g/mol. The number of nitrogens with zero attached hydrogens (tertiary/aromatic N) is 5. The predicted molar refractivity (Wildman–Crippen MR) is 116 cm³/mol. The quantitative estimate of drug-likeness (QED) is 0.595. The Kier molecular flexibility index (Phi) is 4.82. The molecule has 0 bridgehead atoms. The van der Waals surface area contributed by atoms with Gasteiger partial charge in [0.1, 0.15) is 0 Å². The van der Waals surface area contributed by atoms with Crippen LogP contribution in [0.5, 0.6) is 0 Å². The lowest BCUT2D eigenvalue weighted by Crippen LogP contribution is -2.48. The number of aromatic nitrogens is 3. The number of fused-ring (bicyclic) bond motifs is 1. The third-order valence-electron chi connectivity index (χ3n) is 5.95. The van der Waals surface area contributed by atoms with Gasteiger partial charge in [-0.25, -0.2) is 31.9 Å². The van der Waals surface area contributed by atoms with E-state index in [4.69, 9.17) is 0 Å². The molecule has 31 heavy (non-hydrogen) atoms. The zero-order valence-electron chi connectivity index (χ0n) is 16.9. The van der Waals surface area contributed by atoms with Crippen molar-refractivity contribution in [2.75, 3.05) is 31.1 Å². The van der Waals surface area contributed by atoms with Crippen molar-refractivity contribution in [2.24, 2.45) is 0 Å². The van der Waals surface area contributed by atoms with Crippen molar-refractivity contribution in [2.45, 2.75) is 24.4 Å². The monoisotopic (exact) mass is 441 g/mol. The Labute approximate surface area is 179 Å². The zero-order chi connectivity index (χ0) is 21.6. The molecule has 3 heterocycles. The van der Waals surface area contributed by atoms with Crippen LogP contribution < -0.4 is 16.3 Å². The van der Waals surface area contributed by atoms with Crippen molar-refractivity contribution >= 4 is 15.7 Å². The molecule has 1 aromatic heterocycles. The Morgan fingerprint density at radius 2 is 1.23 bits per heavy atom. The molecule has 0 N–H and O–H groups in total. The van der Waals surface area contributed by atoms with Crippen LogP contribution in [0.4, 0.5) is 5.69 Å². The Morgan fingerprint density at radius 1 is 0.645 bits per heavy atom. The molecule has 0 unspecified atom stereocenters. The third-order valence-corrected chi connectivity index (χ3v) is 7.86. The SMILES string of the molecule is O=c1n(-c2ccc(S(=O)(=O)N3CCN(c4ccccc4)CC3)cc2)c(=O)n2n1CCC2. The first-order valence-electron chi connectivity index (χ1n) is 10.3. The smallest absolute Gasteiger partial charge is 0.351 e. The van der Waals surface area contributed by atoms with Gasteiger partial charge in [-0.05, 0) is 42.8 Å². The average Bonchev–Trinajstić information content (AvgIpc) is 3.38. The first-order chi connectivity index (χ1) is 15.0. The molecule has 1 fully saturated rings. The fraction of sp³-hybridized carbons (Fsp3) is 0.333. The molecule has 0 aliphatic carbocycles. The van der Waals surface area contributed by atoms with Crippen molar-refractivity contribution in [3.8, 4) is 5.69 Å². The van der Waals surface area contributed by atoms with Crippen LogP contribution in [0.15, 0.2) is 69.1 Å². The van der Waals surface area contributed by atoms with Gasteiger partial charge < -0.3 is 4.90 Å². The van der Waals surface area contributed by atoms with Gasteiger partial charge in [0.15, 0.2) is 0 Å². The van der Waals surface area contributed by atoms with Crippen molar-refractivity contribution in [3.05, 3.63) is 75.6 Å². The Bertz CT molecular complexity index is 1280. The van der Waals surface area contributed by atoms with Crippen LogP contribution in [0.1, 0.15) is 6.42 Å². The van der Waals surface area contributed by atoms with Gasteiger partial charge in [-0.15, -0.1) is 0 Å². The van der Waals surface area contributed by atoms with Gasteiger partial charge in [-0.3, -0.25) is 0 Å². The lowest BCUT2D eigenvalue weighted by molar-refractivity contribution is 0.385. The van der Waals surface area contributed by atoms with Gasteiger partial charge in [0.05, 0.1) is 10.6 Å². The Hall–Kier alpha value is -3.11. The number of piperazine rings is 1. The lowest BCUT2D eigenvalue weighted by Gasteiger charge is -2.35. The molecule has 0 spiro atoms. The molecule has 0 amide bonds. The number of benzene rings is 2. The summed E-state index contributed by atoms with van der Waals surface area (Å²) in [5.74, 6) is 0. The minimum Gasteiger partial charge on any atom is -0.369 e. The van der Waals surface area contributed by atoms with E-state index in [2.05, 4.69) is 4.90 Å². The summed E-state index contributed by atoms with van der Waals surface area (Å²) in [5.41, 5.74) is 0.669. The topological polar surface area (TPSA) is 89.6 Å². The largest absolute Gasteiger partial charge is 0.369 e. The molecule has 0 radical (unpaired) electrons. The first-order valence-corrected chi connectivity index (χ1v) is 11.7. The average molecular weight is 442 g/mol. The second-order valence-electron chi connectivity index (χ2n) is 7.72. The molecule has 1 saturated heterocycles. The first kappa shape index (κ1) is 19.8. The van der Waals surface area contributed by atoms with Crippen LogP contribution in [-0.2, 0) is 23.1 Å². The maximum absolute atomic E-state index is 13.1. The van der Waals surface area contributed by atoms with E-state index < -0.39 is 21.4 Å². The highest BCUT2D eigenvalue weighted by Crippen LogP contribution is 2.21. The van der Waals surface area contributed by atoms with Crippen molar-refractivity contribution in [1.82, 2.24) is 18.2 Å². The van der Waals surface area contributed by atoms with Gasteiger partial charge >= 0.3 is 11.4 Å². The maximum Gasteiger partial charge on any atom is 0.351 e. The van der Waals surface area contributed by atoms with Crippen LogP contribution in [0, 0.1) is 0 Å². The highest BCUT2D eigenvalue weighted by atomic mass is 32.2. The normalized spacial score (nSPS) is 17.1. The molecule has 10 heteroatoms. The van der Waals surface area contributed by atoms with Crippen molar-refractivity contribution in [3.63, 3.8) is 0 Å². The molecule has 0 saturated carbocycles. The summed E-state index contributed by atoms with van der Waals surface area (Å²) in [6, 6.07) is 15.9. The van der Waals surface area contributed by atoms with Crippen molar-refractivity contribution < 1.29 is 8.42 Å². The second kappa shape index (κ2) is 7.54. The summed E-state index contributed by atoms with van der Waals surface area (Å²) in [7, 11) is -3.65. The summed E-state index contributed by atoms with van der Waals surface area (Å²) in [5, 5.41) is 0. The van der Waals surface area contributed by atoms with Crippen LogP contribution >= 0.6 is 0 Å². The summed E-state index contributed by atoms with van der Waals surface area (Å²) in [6.45, 7) is 3.05. The molecule has 3 aromatic rings. The standard InChI is InChI=1S/C21H23N5O4S/c27-20-24-11-4-12-25(24)21(28)26(20)18-7-9-19(10-8-18)31(29,30)23-15-13-22(14-16-23)17-5-2-1-3-6-17/h1-3,5-10H,4,11-16H2. The highest BCUT2D eigenvalue weighted by molar-refractivity contribution is 7.89. The number of hydrogen-bond donors (Lipinski definition) is 0. The van der Waals surface area contributed by atoms with E-state index >= 15 is 0 Å². The number of anilines is 1. The Morgan fingerprint density at radius 3 is 1.81 bits per heavy atom. The van der Waals surface area contributed by atoms with E-state index in [0.29, 0.717) is 45.0 Å². The molecule has 2 aliphatic rings. The van der Waals surface area contributed by atoms with Crippen LogP contribution in [0.3, 0.4) is 0 Å². The molecule has 0 atom stereocenters. The molecular formula is C21H23N5O4S. The van der Waals surface area contributed by atoms with E-state index in [1.807, 2.05) is 30.3 Å². The van der Waals surface area contributed by atoms with Crippen LogP contribution in [-0.4, -0.2) is 52.8 Å². The van der Waals surface area contributed by atoms with Crippen LogP contribution in [0.2, 0.25) is 0 Å². The van der Waals surface area contributed by atoms with E-state index in [9.17, 15) is 18.0 Å². The summed E-state index contributed by atoms with van der Waals surface area (Å²) < 4.78 is 31.6. The van der Waals surface area contributed by atoms with E-state index in [-0.39, 0.29) is 4.90 Å². The minimum absolute atomic E-state index is 0.157. The number of sulfonamides is 1. The maximum atomic E-state index is 13.1. The predicted octanol–water partition coefficient (Wildman–Crippen LogP) is 0.715. The number of rotatable bonds is 4. The molecule has 9 nitrogen and oxygen atoms in total. The van der Waals surface area contributed by atoms with Gasteiger partial charge in [0, 0.05) is 45.0 Å². The van der Waals surface area contributed by atoms with Gasteiger partial charge in [0.25, 0.3) is 0 Å². The summed E-state index contributed by atoms with van der Waals surface area (Å²) in [6.07, 6.45) is 0.764. The molecule has 2 aromatic carbocycles. The fourth-order valence-electron chi connectivity index (χ4n) is 4.28. The zero-order valence-corrected chi connectivity index (χ0v) is 17.7. The van der Waals surface area contributed by atoms with Crippen LogP contribution in [0.25, 0.3) is 5.69 Å². The van der Waals surface area contributed by atoms with Gasteiger partial charge in [-0.2, -0.15) is 4.31 Å². The highest BCUT2D eigenvalue weighted by Gasteiger charge is 2.29. The number of hydrogen-bond acceptors (Lipinski definition) is 5. The lowest BCUT2D eigenvalue weighted by atomic mass is 10.2. The fourth-order valence-corrected chi connectivity index (χ4v) is 5.71. The molecule has 5 rings (SSSR count). The van der Waals surface area contributed by atoms with E-state index in [0.717, 1.165) is 16.7 Å². The van der Waals surface area contributed by atoms with Gasteiger partial charge in [0.2, 0.25) is 10.0 Å².